The van der Waals surface area contributed by atoms with Crippen LogP contribution < -0.4 is 20.5 Å². The minimum atomic E-state index is -1.08. The Morgan fingerprint density at radius 1 is 0.934 bits per heavy atom. The van der Waals surface area contributed by atoms with Gasteiger partial charge in [-0.15, -0.1) is 0 Å². The molecular formula is C46H55N5O10. The maximum atomic E-state index is 13.3. The molecule has 3 aromatic carbocycles. The fraction of sp³-hybridized carbons (Fsp3) is 0.413. The number of likely N-dealkylation sites (tertiary alicyclic amines) is 1. The molecule has 0 amide bonds. The van der Waals surface area contributed by atoms with Gasteiger partial charge < -0.3 is 48.3 Å². The minimum Gasteiger partial charge on any atom is -0.506 e. The van der Waals surface area contributed by atoms with Crippen LogP contribution in [0.5, 0.6) is 11.5 Å². The number of benzene rings is 3. The Balaban J connectivity index is 1.06. The molecule has 61 heavy (non-hydrogen) atoms. The standard InChI is InChI=1S/C46H55N5O10/c1-29-26-51(45(54)49-43(29)48-39-13-10-24-50(39)2)44-42(58-6)41(53)36(61-44)22-23-47-40(52)25-35-37(57-5)27-59-38(35)28-60-46(30-11-8-7-9-12-30,31-14-18-33(55-3)19-15-31)32-16-20-34(56-4)21-17-32/h7-9,11-12,14-21,26,37,40,42,44,47,52-53H,10,13,22-25,27-28H2,1-6H3/t37?,40?,42?,44-/m1/s1. The lowest BCUT2D eigenvalue weighted by molar-refractivity contribution is -0.0347. The van der Waals surface area contributed by atoms with Crippen molar-refractivity contribution in [3.8, 4) is 11.5 Å². The van der Waals surface area contributed by atoms with Crippen LogP contribution in [0.25, 0.3) is 0 Å². The predicted molar refractivity (Wildman–Crippen MR) is 228 cm³/mol. The largest absolute Gasteiger partial charge is 0.506 e. The van der Waals surface area contributed by atoms with Crippen molar-refractivity contribution in [3.05, 3.63) is 141 Å². The maximum Gasteiger partial charge on any atom is 0.352 e. The van der Waals surface area contributed by atoms with Crippen LogP contribution in [0.3, 0.4) is 0 Å². The summed E-state index contributed by atoms with van der Waals surface area (Å²) in [5, 5.41) is 25.6. The Morgan fingerprint density at radius 2 is 1.59 bits per heavy atom. The van der Waals surface area contributed by atoms with Gasteiger partial charge in [0.15, 0.2) is 17.7 Å². The average Bonchev–Trinajstić information content (AvgIpc) is 3.97. The number of aryl methyl sites for hydroxylation is 1. The van der Waals surface area contributed by atoms with E-state index in [-0.39, 0.29) is 44.1 Å². The fourth-order valence-electron chi connectivity index (χ4n) is 8.11. The monoisotopic (exact) mass is 837 g/mol. The summed E-state index contributed by atoms with van der Waals surface area (Å²) in [4.78, 5) is 24.2. The molecule has 4 atom stereocenters. The molecule has 15 heteroatoms. The van der Waals surface area contributed by atoms with Crippen molar-refractivity contribution in [1.29, 1.82) is 0 Å². The van der Waals surface area contributed by atoms with Crippen LogP contribution in [0.2, 0.25) is 0 Å². The summed E-state index contributed by atoms with van der Waals surface area (Å²) in [6.07, 6.45) is 0.453. The van der Waals surface area contributed by atoms with Gasteiger partial charge in [0.25, 0.3) is 0 Å². The average molecular weight is 838 g/mol. The SMILES string of the molecule is COc1ccc(C(OCC2=C(CC(O)NCCC3=C(O)C(OC)[C@H](n4cc(C)c(N=C5CCCN5C)nc4=O)O3)C(OC)CO2)(c2ccccc2)c2ccc(OC)cc2)cc1. The molecule has 1 aromatic heterocycles. The van der Waals surface area contributed by atoms with Crippen LogP contribution in [0.1, 0.15) is 54.2 Å². The molecular weight excluding hydrogens is 783 g/mol. The smallest absolute Gasteiger partial charge is 0.352 e. The molecule has 4 aromatic rings. The van der Waals surface area contributed by atoms with Crippen LogP contribution in [-0.2, 0) is 29.3 Å². The summed E-state index contributed by atoms with van der Waals surface area (Å²) in [5.41, 5.74) is 2.41. The third-order valence-electron chi connectivity index (χ3n) is 11.5. The molecule has 3 aliphatic heterocycles. The summed E-state index contributed by atoms with van der Waals surface area (Å²) in [5.74, 6) is 3.32. The number of methoxy groups -OCH3 is 4. The number of ether oxygens (including phenoxy) is 7. The zero-order chi connectivity index (χ0) is 43.1. The van der Waals surface area contributed by atoms with Crippen molar-refractivity contribution >= 4 is 11.7 Å². The Hall–Kier alpha value is -5.71. The summed E-state index contributed by atoms with van der Waals surface area (Å²) in [7, 11) is 8.27. The fourth-order valence-corrected chi connectivity index (χ4v) is 8.11. The number of rotatable bonds is 18. The van der Waals surface area contributed by atoms with Crippen molar-refractivity contribution in [2.24, 2.45) is 4.99 Å². The molecule has 3 N–H and O–H groups in total. The lowest BCUT2D eigenvalue weighted by atomic mass is 9.80. The van der Waals surface area contributed by atoms with Gasteiger partial charge >= 0.3 is 5.69 Å². The van der Waals surface area contributed by atoms with Gasteiger partial charge in [-0.2, -0.15) is 4.98 Å². The second-order valence-corrected chi connectivity index (χ2v) is 15.2. The van der Waals surface area contributed by atoms with Gasteiger partial charge in [0, 0.05) is 71.0 Å². The number of aliphatic imine (C=N–C) groups is 1. The second-order valence-electron chi connectivity index (χ2n) is 15.2. The highest BCUT2D eigenvalue weighted by atomic mass is 16.6. The van der Waals surface area contributed by atoms with Gasteiger partial charge in [0.05, 0.1) is 14.2 Å². The van der Waals surface area contributed by atoms with Crippen molar-refractivity contribution in [2.75, 3.05) is 61.8 Å². The highest BCUT2D eigenvalue weighted by Gasteiger charge is 2.41. The number of nitrogens with one attached hydrogen (secondary N) is 1. The number of aliphatic hydroxyl groups is 2. The molecule has 4 heterocycles. The van der Waals surface area contributed by atoms with Gasteiger partial charge in [-0.25, -0.2) is 9.79 Å². The molecule has 7 rings (SSSR count). The number of nitrogens with zero attached hydrogens (tertiary/aromatic N) is 4. The van der Waals surface area contributed by atoms with Gasteiger partial charge in [0.2, 0.25) is 6.23 Å². The number of amidine groups is 1. The molecule has 3 aliphatic rings. The molecule has 3 unspecified atom stereocenters. The van der Waals surface area contributed by atoms with Gasteiger partial charge in [0.1, 0.15) is 60.0 Å². The molecule has 0 bridgehead atoms. The molecule has 15 nitrogen and oxygen atoms in total. The summed E-state index contributed by atoms with van der Waals surface area (Å²) < 4.78 is 43.1. The van der Waals surface area contributed by atoms with Crippen molar-refractivity contribution < 1.29 is 43.4 Å². The van der Waals surface area contributed by atoms with Crippen LogP contribution in [0.4, 0.5) is 5.82 Å². The number of aliphatic hydroxyl groups excluding tert-OH is 2. The highest BCUT2D eigenvalue weighted by molar-refractivity contribution is 5.86. The van der Waals surface area contributed by atoms with E-state index >= 15 is 0 Å². The maximum absolute atomic E-state index is 13.3. The first-order chi connectivity index (χ1) is 29.6. The Bertz CT molecular complexity index is 2230. The van der Waals surface area contributed by atoms with E-state index in [1.165, 1.54) is 11.7 Å². The molecule has 0 radical (unpaired) electrons. The first-order valence-corrected chi connectivity index (χ1v) is 20.4. The van der Waals surface area contributed by atoms with Crippen LogP contribution in [0.15, 0.2) is 118 Å². The predicted octanol–water partition coefficient (Wildman–Crippen LogP) is 5.63. The molecule has 1 fully saturated rings. The van der Waals surface area contributed by atoms with Crippen LogP contribution >= 0.6 is 0 Å². The second kappa shape index (κ2) is 19.3. The lowest BCUT2D eigenvalue weighted by Crippen LogP contribution is -2.34. The van der Waals surface area contributed by atoms with E-state index in [4.69, 9.17) is 33.2 Å². The summed E-state index contributed by atoms with van der Waals surface area (Å²) in [6.45, 7) is 3.27. The van der Waals surface area contributed by atoms with Crippen molar-refractivity contribution in [1.82, 2.24) is 19.8 Å². The van der Waals surface area contributed by atoms with Crippen molar-refractivity contribution in [2.45, 2.75) is 62.9 Å². The normalized spacial score (nSPS) is 20.3. The Morgan fingerprint density at radius 3 is 2.18 bits per heavy atom. The third kappa shape index (κ3) is 9.16. The number of aromatic nitrogens is 2. The van der Waals surface area contributed by atoms with E-state index in [9.17, 15) is 15.0 Å². The Labute approximate surface area is 355 Å². The quantitative estimate of drug-likeness (QED) is 0.0834. The number of hydrogen-bond donors (Lipinski definition) is 3. The zero-order valence-electron chi connectivity index (χ0n) is 35.5. The number of hydrogen-bond acceptors (Lipinski definition) is 13. The Kier molecular flexibility index (Phi) is 13.8. The lowest BCUT2D eigenvalue weighted by Gasteiger charge is -2.36. The first-order valence-electron chi connectivity index (χ1n) is 20.4. The van der Waals surface area contributed by atoms with E-state index in [1.807, 2.05) is 92.8 Å². The van der Waals surface area contributed by atoms with Gasteiger partial charge in [-0.1, -0.05) is 54.6 Å². The van der Waals surface area contributed by atoms with Crippen molar-refractivity contribution in [3.63, 3.8) is 0 Å². The van der Waals surface area contributed by atoms with Gasteiger partial charge in [-0.05, 0) is 54.3 Å². The topological polar surface area (TPSA) is 168 Å². The molecule has 1 saturated heterocycles. The van der Waals surface area contributed by atoms with E-state index in [2.05, 4.69) is 20.2 Å². The molecule has 0 aliphatic carbocycles. The van der Waals surface area contributed by atoms with Crippen LogP contribution in [0, 0.1) is 6.92 Å². The van der Waals surface area contributed by atoms with E-state index in [1.54, 1.807) is 27.5 Å². The summed E-state index contributed by atoms with van der Waals surface area (Å²) >= 11 is 0. The third-order valence-corrected chi connectivity index (χ3v) is 11.5. The molecule has 0 spiro atoms. The van der Waals surface area contributed by atoms with Crippen LogP contribution in [-0.4, -0.2) is 111 Å². The van der Waals surface area contributed by atoms with E-state index < -0.39 is 36.0 Å². The molecule has 324 valence electrons. The van der Waals surface area contributed by atoms with E-state index in [0.717, 1.165) is 47.5 Å². The van der Waals surface area contributed by atoms with Gasteiger partial charge in [-0.3, -0.25) is 9.88 Å². The molecule has 0 saturated carbocycles. The van der Waals surface area contributed by atoms with E-state index in [0.29, 0.717) is 28.6 Å². The highest BCUT2D eigenvalue weighted by Crippen LogP contribution is 2.43. The summed E-state index contributed by atoms with van der Waals surface area (Å²) in [6, 6.07) is 25.6. The first kappa shape index (κ1) is 43.4. The zero-order valence-corrected chi connectivity index (χ0v) is 35.5. The minimum absolute atomic E-state index is 0.0580.